The molecule has 1 N–H and O–H groups in total. The van der Waals surface area contributed by atoms with Crippen LogP contribution in [0.4, 0.5) is 11.4 Å². The summed E-state index contributed by atoms with van der Waals surface area (Å²) in [6, 6.07) is 5.80. The number of ether oxygens (including phenoxy) is 3. The van der Waals surface area contributed by atoms with Crippen molar-refractivity contribution in [2.45, 2.75) is 13.8 Å². The maximum atomic E-state index is 12.4. The number of esters is 1. The fraction of sp³-hybridized carbons (Fsp3) is 0.263. The molecule has 0 spiro atoms. The molecular weight excluding hydrogens is 404 g/mol. The molecule has 0 bridgehead atoms. The van der Waals surface area contributed by atoms with Gasteiger partial charge < -0.3 is 19.5 Å². The number of carbonyl (C=O) groups excluding carboxylic acids is 2. The standard InChI is InChI=1S/C19H17ClN2O7/c1-10-5-11(2)18(13(20)6-10)21-17(23)9-29-19(24)12-7-15-16(28-4-3-27-15)8-14(12)22(25)26/h5-8H,3-4,9H2,1-2H3,(H,21,23). The zero-order valence-electron chi connectivity index (χ0n) is 15.6. The molecule has 3 rings (SSSR count). The Morgan fingerprint density at radius 2 is 1.83 bits per heavy atom. The largest absolute Gasteiger partial charge is 0.486 e. The summed E-state index contributed by atoms with van der Waals surface area (Å²) in [6.45, 7) is 3.49. The van der Waals surface area contributed by atoms with E-state index < -0.39 is 29.1 Å². The Balaban J connectivity index is 1.72. The van der Waals surface area contributed by atoms with Gasteiger partial charge in [-0.2, -0.15) is 0 Å². The van der Waals surface area contributed by atoms with Gasteiger partial charge >= 0.3 is 5.97 Å². The summed E-state index contributed by atoms with van der Waals surface area (Å²) in [5.41, 5.74) is 1.25. The predicted molar refractivity (Wildman–Crippen MR) is 104 cm³/mol. The molecule has 9 nitrogen and oxygen atoms in total. The minimum atomic E-state index is -1.03. The lowest BCUT2D eigenvalue weighted by Crippen LogP contribution is -2.22. The zero-order valence-corrected chi connectivity index (χ0v) is 16.4. The first-order chi connectivity index (χ1) is 13.8. The Bertz CT molecular complexity index is 983. The number of fused-ring (bicyclic) bond motifs is 1. The van der Waals surface area contributed by atoms with Gasteiger partial charge in [-0.15, -0.1) is 0 Å². The number of nitrogens with zero attached hydrogens (tertiary/aromatic N) is 1. The van der Waals surface area contributed by atoms with Gasteiger partial charge in [0.15, 0.2) is 18.1 Å². The van der Waals surface area contributed by atoms with Crippen molar-refractivity contribution in [2.24, 2.45) is 0 Å². The molecule has 0 aliphatic carbocycles. The Morgan fingerprint density at radius 1 is 1.17 bits per heavy atom. The molecule has 2 aromatic rings. The van der Waals surface area contributed by atoms with Crippen LogP contribution in [0.5, 0.6) is 11.5 Å². The van der Waals surface area contributed by atoms with Crippen molar-refractivity contribution in [3.63, 3.8) is 0 Å². The summed E-state index contributed by atoms with van der Waals surface area (Å²) >= 11 is 6.14. The van der Waals surface area contributed by atoms with Crippen molar-refractivity contribution < 1.29 is 28.7 Å². The van der Waals surface area contributed by atoms with Gasteiger partial charge in [-0.05, 0) is 31.0 Å². The van der Waals surface area contributed by atoms with E-state index in [-0.39, 0.29) is 30.3 Å². The van der Waals surface area contributed by atoms with Gasteiger partial charge in [0.2, 0.25) is 0 Å². The van der Waals surface area contributed by atoms with Crippen LogP contribution >= 0.6 is 11.6 Å². The third kappa shape index (κ3) is 4.57. The second kappa shape index (κ2) is 8.36. The van der Waals surface area contributed by atoms with E-state index in [1.807, 2.05) is 13.0 Å². The Hall–Kier alpha value is -3.33. The average Bonchev–Trinajstić information content (AvgIpc) is 2.67. The summed E-state index contributed by atoms with van der Waals surface area (Å²) < 4.78 is 15.6. The molecule has 10 heteroatoms. The molecule has 152 valence electrons. The molecule has 29 heavy (non-hydrogen) atoms. The van der Waals surface area contributed by atoms with Crippen LogP contribution in [0.25, 0.3) is 0 Å². The number of nitrogens with one attached hydrogen (secondary N) is 1. The maximum absolute atomic E-state index is 12.4. The van der Waals surface area contributed by atoms with Gasteiger partial charge in [-0.25, -0.2) is 4.79 Å². The summed E-state index contributed by atoms with van der Waals surface area (Å²) in [5.74, 6) is -1.30. The fourth-order valence-corrected chi connectivity index (χ4v) is 3.22. The second-order valence-corrected chi connectivity index (χ2v) is 6.74. The first kappa shape index (κ1) is 20.4. The predicted octanol–water partition coefficient (Wildman–Crippen LogP) is 3.43. The van der Waals surface area contributed by atoms with Gasteiger partial charge in [-0.1, -0.05) is 17.7 Å². The van der Waals surface area contributed by atoms with Crippen LogP contribution in [0.2, 0.25) is 5.02 Å². The molecule has 0 fully saturated rings. The minimum Gasteiger partial charge on any atom is -0.486 e. The van der Waals surface area contributed by atoms with Crippen LogP contribution < -0.4 is 14.8 Å². The Morgan fingerprint density at radius 3 is 2.45 bits per heavy atom. The molecule has 0 unspecified atom stereocenters. The highest BCUT2D eigenvalue weighted by molar-refractivity contribution is 6.34. The van der Waals surface area contributed by atoms with Crippen LogP contribution in [0.1, 0.15) is 21.5 Å². The topological polar surface area (TPSA) is 117 Å². The van der Waals surface area contributed by atoms with Crippen LogP contribution in [0, 0.1) is 24.0 Å². The number of hydrogen-bond donors (Lipinski definition) is 1. The molecular formula is C19H17ClN2O7. The van der Waals surface area contributed by atoms with E-state index in [4.69, 9.17) is 25.8 Å². The molecule has 0 saturated heterocycles. The number of aryl methyl sites for hydroxylation is 2. The van der Waals surface area contributed by atoms with Crippen LogP contribution in [0.3, 0.4) is 0 Å². The maximum Gasteiger partial charge on any atom is 0.345 e. The van der Waals surface area contributed by atoms with E-state index in [1.165, 1.54) is 6.07 Å². The van der Waals surface area contributed by atoms with E-state index in [9.17, 15) is 19.7 Å². The van der Waals surface area contributed by atoms with Crippen molar-refractivity contribution in [1.29, 1.82) is 0 Å². The highest BCUT2D eigenvalue weighted by Gasteiger charge is 2.27. The lowest BCUT2D eigenvalue weighted by molar-refractivity contribution is -0.385. The molecule has 1 aliphatic heterocycles. The van der Waals surface area contributed by atoms with Crippen LogP contribution in [0.15, 0.2) is 24.3 Å². The summed E-state index contributed by atoms with van der Waals surface area (Å²) in [4.78, 5) is 35.1. The molecule has 2 aromatic carbocycles. The number of nitro benzene ring substituents is 1. The number of benzene rings is 2. The number of hydrogen-bond acceptors (Lipinski definition) is 7. The first-order valence-electron chi connectivity index (χ1n) is 8.58. The highest BCUT2D eigenvalue weighted by atomic mass is 35.5. The van der Waals surface area contributed by atoms with E-state index in [2.05, 4.69) is 5.32 Å². The molecule has 1 heterocycles. The highest BCUT2D eigenvalue weighted by Crippen LogP contribution is 2.37. The smallest absolute Gasteiger partial charge is 0.345 e. The first-order valence-corrected chi connectivity index (χ1v) is 8.96. The van der Waals surface area contributed by atoms with E-state index in [0.29, 0.717) is 10.7 Å². The number of rotatable bonds is 5. The summed E-state index contributed by atoms with van der Waals surface area (Å²) in [7, 11) is 0. The van der Waals surface area contributed by atoms with Crippen molar-refractivity contribution in [2.75, 3.05) is 25.1 Å². The number of nitro groups is 1. The molecule has 0 radical (unpaired) electrons. The monoisotopic (exact) mass is 420 g/mol. The Labute approximate surface area is 170 Å². The van der Waals surface area contributed by atoms with Gasteiger partial charge in [-0.3, -0.25) is 14.9 Å². The molecule has 0 saturated carbocycles. The van der Waals surface area contributed by atoms with Gasteiger partial charge in [0.25, 0.3) is 11.6 Å². The minimum absolute atomic E-state index is 0.168. The number of anilines is 1. The van der Waals surface area contributed by atoms with Crippen molar-refractivity contribution in [3.8, 4) is 11.5 Å². The van der Waals surface area contributed by atoms with Crippen LogP contribution in [-0.2, 0) is 9.53 Å². The normalized spacial score (nSPS) is 12.2. The number of halogens is 1. The third-order valence-electron chi connectivity index (χ3n) is 4.11. The molecule has 1 aliphatic rings. The molecule has 1 amide bonds. The van der Waals surface area contributed by atoms with E-state index in [1.54, 1.807) is 13.0 Å². The Kier molecular flexibility index (Phi) is 5.88. The van der Waals surface area contributed by atoms with Gasteiger partial charge in [0.1, 0.15) is 18.8 Å². The zero-order chi connectivity index (χ0) is 21.1. The summed E-state index contributed by atoms with van der Waals surface area (Å²) in [5, 5.41) is 14.2. The lowest BCUT2D eigenvalue weighted by Gasteiger charge is -2.18. The van der Waals surface area contributed by atoms with Crippen LogP contribution in [-0.4, -0.2) is 36.6 Å². The molecule has 0 aromatic heterocycles. The quantitative estimate of drug-likeness (QED) is 0.447. The van der Waals surface area contributed by atoms with Crippen molar-refractivity contribution >= 4 is 34.9 Å². The third-order valence-corrected chi connectivity index (χ3v) is 4.41. The van der Waals surface area contributed by atoms with Gasteiger partial charge in [0.05, 0.1) is 21.7 Å². The second-order valence-electron chi connectivity index (χ2n) is 6.33. The fourth-order valence-electron chi connectivity index (χ4n) is 2.85. The number of carbonyl (C=O) groups is 2. The number of amides is 1. The molecule has 0 atom stereocenters. The average molecular weight is 421 g/mol. The van der Waals surface area contributed by atoms with E-state index in [0.717, 1.165) is 17.2 Å². The van der Waals surface area contributed by atoms with Crippen molar-refractivity contribution in [1.82, 2.24) is 0 Å². The van der Waals surface area contributed by atoms with Crippen molar-refractivity contribution in [3.05, 3.63) is 56.1 Å². The van der Waals surface area contributed by atoms with Gasteiger partial charge in [0, 0.05) is 6.07 Å². The SMILES string of the molecule is Cc1cc(C)c(NC(=O)COC(=O)c2cc3c(cc2[N+](=O)[O-])OCCO3)c(Cl)c1. The lowest BCUT2D eigenvalue weighted by atomic mass is 10.1. The van der Waals surface area contributed by atoms with E-state index >= 15 is 0 Å². The summed E-state index contributed by atoms with van der Waals surface area (Å²) in [6.07, 6.45) is 0.